The average Bonchev–Trinajstić information content (AvgIpc) is 3.12. The molecular formula is C20H27N3O5. The summed E-state index contributed by atoms with van der Waals surface area (Å²) in [4.78, 5) is 38.3. The van der Waals surface area contributed by atoms with Crippen molar-refractivity contribution >= 4 is 17.8 Å². The molecule has 3 rings (SSSR count). The van der Waals surface area contributed by atoms with Gasteiger partial charge in [0.1, 0.15) is 24.1 Å². The average molecular weight is 389 g/mol. The normalized spacial score (nSPS) is 18.3. The molecule has 0 unspecified atom stereocenters. The Morgan fingerprint density at radius 1 is 1.36 bits per heavy atom. The first-order chi connectivity index (χ1) is 13.4. The molecular weight excluding hydrogens is 362 g/mol. The molecule has 2 heterocycles. The van der Waals surface area contributed by atoms with Gasteiger partial charge in [-0.3, -0.25) is 14.5 Å². The Hall–Kier alpha value is -2.77. The monoisotopic (exact) mass is 389 g/mol. The van der Waals surface area contributed by atoms with Crippen LogP contribution in [0.15, 0.2) is 12.1 Å². The zero-order valence-electron chi connectivity index (χ0n) is 16.6. The van der Waals surface area contributed by atoms with Crippen LogP contribution in [0.5, 0.6) is 11.5 Å². The Labute approximate surface area is 164 Å². The number of hydrogen-bond donors (Lipinski definition) is 1. The van der Waals surface area contributed by atoms with Crippen LogP contribution in [0.2, 0.25) is 0 Å². The second-order valence-corrected chi connectivity index (χ2v) is 7.20. The van der Waals surface area contributed by atoms with Crippen LogP contribution in [0.25, 0.3) is 0 Å². The fourth-order valence-corrected chi connectivity index (χ4v) is 3.48. The van der Waals surface area contributed by atoms with Crippen LogP contribution in [0.1, 0.15) is 37.8 Å². The molecule has 0 saturated carbocycles. The van der Waals surface area contributed by atoms with E-state index in [0.717, 1.165) is 29.0 Å². The molecule has 1 fully saturated rings. The maximum absolute atomic E-state index is 12.2. The van der Waals surface area contributed by atoms with Crippen LogP contribution in [0, 0.1) is 0 Å². The van der Waals surface area contributed by atoms with Crippen LogP contribution in [0.4, 0.5) is 4.79 Å². The number of likely N-dealkylation sites (N-methyl/N-ethyl adjacent to an activating group) is 1. The molecule has 28 heavy (non-hydrogen) atoms. The molecule has 0 spiro atoms. The van der Waals surface area contributed by atoms with Crippen LogP contribution in [-0.2, 0) is 22.6 Å². The van der Waals surface area contributed by atoms with E-state index in [1.165, 1.54) is 9.80 Å². The number of fused-ring (bicyclic) bond motifs is 1. The van der Waals surface area contributed by atoms with E-state index in [4.69, 9.17) is 9.47 Å². The zero-order valence-corrected chi connectivity index (χ0v) is 16.6. The highest BCUT2D eigenvalue weighted by molar-refractivity contribution is 6.01. The summed E-state index contributed by atoms with van der Waals surface area (Å²) in [7, 11) is 1.59. The summed E-state index contributed by atoms with van der Waals surface area (Å²) in [5.74, 6) is 1.25. The number of hydrogen-bond acceptors (Lipinski definition) is 5. The molecule has 0 aliphatic carbocycles. The Bertz CT molecular complexity index is 779. The number of carbonyl (C=O) groups is 3. The molecule has 0 bridgehead atoms. The minimum absolute atomic E-state index is 0.101. The van der Waals surface area contributed by atoms with Crippen molar-refractivity contribution in [1.82, 2.24) is 15.1 Å². The van der Waals surface area contributed by atoms with Crippen LogP contribution < -0.4 is 14.8 Å². The minimum atomic E-state index is -0.306. The Morgan fingerprint density at radius 3 is 2.82 bits per heavy atom. The van der Waals surface area contributed by atoms with Gasteiger partial charge in [-0.05, 0) is 32.4 Å². The van der Waals surface area contributed by atoms with E-state index in [-0.39, 0.29) is 43.5 Å². The number of rotatable bonds is 8. The summed E-state index contributed by atoms with van der Waals surface area (Å²) in [6, 6.07) is 3.62. The molecule has 1 atom stereocenters. The minimum Gasteiger partial charge on any atom is -0.494 e. The van der Waals surface area contributed by atoms with Crippen molar-refractivity contribution in [1.29, 1.82) is 0 Å². The number of urea groups is 1. The molecule has 2 aliphatic heterocycles. The number of imide groups is 1. The smallest absolute Gasteiger partial charge is 0.326 e. The van der Waals surface area contributed by atoms with Gasteiger partial charge in [0.2, 0.25) is 11.8 Å². The van der Waals surface area contributed by atoms with Gasteiger partial charge in [-0.25, -0.2) is 4.79 Å². The highest BCUT2D eigenvalue weighted by atomic mass is 16.5. The highest BCUT2D eigenvalue weighted by Gasteiger charge is 2.32. The van der Waals surface area contributed by atoms with Gasteiger partial charge in [-0.2, -0.15) is 0 Å². The van der Waals surface area contributed by atoms with Crippen molar-refractivity contribution in [2.45, 2.75) is 45.8 Å². The summed E-state index contributed by atoms with van der Waals surface area (Å²) in [6.45, 7) is 5.18. The first kappa shape index (κ1) is 20.0. The van der Waals surface area contributed by atoms with E-state index in [9.17, 15) is 14.4 Å². The van der Waals surface area contributed by atoms with Crippen molar-refractivity contribution in [3.63, 3.8) is 0 Å². The summed E-state index contributed by atoms with van der Waals surface area (Å²) in [5, 5.41) is 2.88. The first-order valence-corrected chi connectivity index (χ1v) is 9.66. The molecule has 4 amide bonds. The molecule has 1 saturated heterocycles. The summed E-state index contributed by atoms with van der Waals surface area (Å²) in [5.41, 5.74) is 1.99. The maximum Gasteiger partial charge on any atom is 0.326 e. The molecule has 0 radical (unpaired) electrons. The summed E-state index contributed by atoms with van der Waals surface area (Å²) < 4.78 is 11.5. The third-order valence-corrected chi connectivity index (χ3v) is 4.87. The molecule has 8 nitrogen and oxygen atoms in total. The lowest BCUT2D eigenvalue weighted by Crippen LogP contribution is -2.33. The molecule has 8 heteroatoms. The fourth-order valence-electron chi connectivity index (χ4n) is 3.48. The van der Waals surface area contributed by atoms with Gasteiger partial charge in [-0.1, -0.05) is 0 Å². The summed E-state index contributed by atoms with van der Waals surface area (Å²) in [6.07, 6.45) is 1.67. The van der Waals surface area contributed by atoms with Crippen LogP contribution >= 0.6 is 0 Å². The van der Waals surface area contributed by atoms with Crippen LogP contribution in [0.3, 0.4) is 0 Å². The van der Waals surface area contributed by atoms with Crippen molar-refractivity contribution in [3.8, 4) is 11.5 Å². The highest BCUT2D eigenvalue weighted by Crippen LogP contribution is 2.35. The van der Waals surface area contributed by atoms with E-state index >= 15 is 0 Å². The first-order valence-electron chi connectivity index (χ1n) is 9.66. The maximum atomic E-state index is 12.2. The van der Waals surface area contributed by atoms with Gasteiger partial charge in [0.25, 0.3) is 0 Å². The number of nitrogens with zero attached hydrogens (tertiary/aromatic N) is 2. The third kappa shape index (κ3) is 4.37. The standard InChI is InChI=1S/C20H27N3O5/c1-4-27-16-9-14-8-13(2)28-17(14)10-15(16)11-21-18(24)6-5-7-23-19(25)12-22(3)20(23)26/h9-10,13H,4-8,11-12H2,1-3H3,(H,21,24)/t13-/m1/s1. The van der Waals surface area contributed by atoms with Gasteiger partial charge >= 0.3 is 6.03 Å². The van der Waals surface area contributed by atoms with Gasteiger partial charge in [-0.15, -0.1) is 0 Å². The van der Waals surface area contributed by atoms with Crippen LogP contribution in [-0.4, -0.2) is 60.5 Å². The van der Waals surface area contributed by atoms with E-state index in [2.05, 4.69) is 5.32 Å². The largest absolute Gasteiger partial charge is 0.494 e. The van der Waals surface area contributed by atoms with Crippen molar-refractivity contribution < 1.29 is 23.9 Å². The predicted molar refractivity (Wildman–Crippen MR) is 102 cm³/mol. The molecule has 2 aliphatic rings. The van der Waals surface area contributed by atoms with Crippen molar-refractivity contribution in [2.75, 3.05) is 26.7 Å². The lowest BCUT2D eigenvalue weighted by molar-refractivity contribution is -0.126. The Kier molecular flexibility index (Phi) is 6.06. The van der Waals surface area contributed by atoms with Gasteiger partial charge < -0.3 is 19.7 Å². The molecule has 1 N–H and O–H groups in total. The number of nitrogens with one attached hydrogen (secondary N) is 1. The molecule has 152 valence electrons. The third-order valence-electron chi connectivity index (χ3n) is 4.87. The molecule has 1 aromatic carbocycles. The fraction of sp³-hybridized carbons (Fsp3) is 0.550. The van der Waals surface area contributed by atoms with Crippen molar-refractivity contribution in [2.24, 2.45) is 0 Å². The van der Waals surface area contributed by atoms with E-state index < -0.39 is 0 Å². The quantitative estimate of drug-likeness (QED) is 0.684. The zero-order chi connectivity index (χ0) is 20.3. The second-order valence-electron chi connectivity index (χ2n) is 7.20. The predicted octanol–water partition coefficient (Wildman–Crippen LogP) is 1.70. The Balaban J connectivity index is 1.51. The number of carbonyl (C=O) groups excluding carboxylic acids is 3. The molecule has 0 aromatic heterocycles. The second kappa shape index (κ2) is 8.50. The van der Waals surface area contributed by atoms with Gasteiger partial charge in [0.05, 0.1) is 6.61 Å². The van der Waals surface area contributed by atoms with Crippen molar-refractivity contribution in [3.05, 3.63) is 23.3 Å². The topological polar surface area (TPSA) is 88.2 Å². The number of amides is 4. The van der Waals surface area contributed by atoms with Gasteiger partial charge in [0.15, 0.2) is 0 Å². The lowest BCUT2D eigenvalue weighted by Gasteiger charge is -2.15. The lowest BCUT2D eigenvalue weighted by atomic mass is 10.1. The summed E-state index contributed by atoms with van der Waals surface area (Å²) >= 11 is 0. The SMILES string of the molecule is CCOc1cc2c(cc1CNC(=O)CCCN1C(=O)CN(C)C1=O)O[C@H](C)C2. The van der Waals surface area contributed by atoms with E-state index in [1.54, 1.807) is 7.05 Å². The van der Waals surface area contributed by atoms with Gasteiger partial charge in [0, 0.05) is 44.1 Å². The number of ether oxygens (including phenoxy) is 2. The van der Waals surface area contributed by atoms with E-state index in [0.29, 0.717) is 19.6 Å². The van der Waals surface area contributed by atoms with E-state index in [1.807, 2.05) is 26.0 Å². The Morgan fingerprint density at radius 2 is 2.14 bits per heavy atom. The number of benzene rings is 1. The molecule has 1 aromatic rings.